The number of Topliss-reactive ketones (excluding diaryl/α,β-unsaturated/α-hetero) is 1. The molecule has 3 heterocycles. The summed E-state index contributed by atoms with van der Waals surface area (Å²) in [6.07, 6.45) is 0. The molecule has 0 spiro atoms. The molecule has 1 atom stereocenters. The number of ketones is 1. The second-order valence-corrected chi connectivity index (χ2v) is 8.64. The van der Waals surface area contributed by atoms with Crippen molar-refractivity contribution in [2.24, 2.45) is 0 Å². The van der Waals surface area contributed by atoms with E-state index >= 15 is 0 Å². The summed E-state index contributed by atoms with van der Waals surface area (Å²) in [5.74, 6) is -1.45. The van der Waals surface area contributed by atoms with Gasteiger partial charge in [-0.25, -0.2) is 0 Å². The van der Waals surface area contributed by atoms with E-state index in [-0.39, 0.29) is 27.5 Å². The van der Waals surface area contributed by atoms with Gasteiger partial charge in [0.25, 0.3) is 11.5 Å². The van der Waals surface area contributed by atoms with Crippen molar-refractivity contribution in [2.45, 2.75) is 13.0 Å². The van der Waals surface area contributed by atoms with Crippen LogP contribution >= 0.6 is 11.3 Å². The molecule has 1 aromatic heterocycles. The zero-order chi connectivity index (χ0) is 24.0. The standard InChI is InChI=1S/C22H16N4O7S/c1-11-23-24-22(34-11)25-18(12-3-2-4-14(9-12)26(30)31)17(20(28)21(25)29)19(27)13-5-6-15-16(10-13)33-8-7-32-15/h2-6,9-10,18,27H,7-8H2,1H3. The van der Waals surface area contributed by atoms with Gasteiger partial charge >= 0.3 is 5.91 Å². The van der Waals surface area contributed by atoms with Crippen LogP contribution in [0.1, 0.15) is 22.2 Å². The highest BCUT2D eigenvalue weighted by molar-refractivity contribution is 7.15. The van der Waals surface area contributed by atoms with E-state index in [1.54, 1.807) is 19.1 Å². The molecule has 0 bridgehead atoms. The molecule has 5 rings (SSSR count). The van der Waals surface area contributed by atoms with Crippen LogP contribution in [0.3, 0.4) is 0 Å². The Morgan fingerprint density at radius 3 is 2.62 bits per heavy atom. The van der Waals surface area contributed by atoms with Gasteiger partial charge in [0.1, 0.15) is 24.0 Å². The smallest absolute Gasteiger partial charge is 0.301 e. The van der Waals surface area contributed by atoms with E-state index < -0.39 is 28.4 Å². The van der Waals surface area contributed by atoms with Crippen molar-refractivity contribution in [1.29, 1.82) is 0 Å². The van der Waals surface area contributed by atoms with E-state index in [0.717, 1.165) is 16.2 Å². The Morgan fingerprint density at radius 1 is 1.15 bits per heavy atom. The number of carbonyl (C=O) groups is 2. The molecule has 3 aromatic rings. The van der Waals surface area contributed by atoms with Gasteiger partial charge in [-0.2, -0.15) is 0 Å². The Kier molecular flexibility index (Phi) is 5.21. The lowest BCUT2D eigenvalue weighted by molar-refractivity contribution is -0.384. The molecule has 1 amide bonds. The second-order valence-electron chi connectivity index (χ2n) is 7.48. The molecule has 34 heavy (non-hydrogen) atoms. The first kappa shape index (κ1) is 21.5. The Hall–Kier alpha value is -4.32. The summed E-state index contributed by atoms with van der Waals surface area (Å²) in [5.41, 5.74) is 0.0392. The third-order valence-electron chi connectivity index (χ3n) is 5.38. The van der Waals surface area contributed by atoms with Crippen LogP contribution in [0.4, 0.5) is 10.8 Å². The summed E-state index contributed by atoms with van der Waals surface area (Å²) in [6.45, 7) is 2.40. The first-order valence-electron chi connectivity index (χ1n) is 10.1. The Labute approximate surface area is 196 Å². The molecule has 2 aromatic carbocycles. The van der Waals surface area contributed by atoms with Gasteiger partial charge in [-0.3, -0.25) is 24.6 Å². The number of nitrogens with zero attached hydrogens (tertiary/aromatic N) is 4. The van der Waals surface area contributed by atoms with Gasteiger partial charge in [0.2, 0.25) is 5.13 Å². The van der Waals surface area contributed by atoms with Crippen molar-refractivity contribution >= 4 is 39.6 Å². The Morgan fingerprint density at radius 2 is 1.91 bits per heavy atom. The molecule has 1 unspecified atom stereocenters. The SMILES string of the molecule is Cc1nnc(N2C(=O)C(=O)C(=C(O)c3ccc4c(c3)OCCO4)C2c2cccc([N+](=O)[O-])c2)s1. The molecule has 2 aliphatic heterocycles. The minimum Gasteiger partial charge on any atom is -0.507 e. The van der Waals surface area contributed by atoms with Crippen LogP contribution in [0.5, 0.6) is 11.5 Å². The van der Waals surface area contributed by atoms with Crippen molar-refractivity contribution in [2.75, 3.05) is 18.1 Å². The van der Waals surface area contributed by atoms with E-state index in [0.29, 0.717) is 29.7 Å². The van der Waals surface area contributed by atoms with E-state index in [9.17, 15) is 24.8 Å². The number of anilines is 1. The lowest BCUT2D eigenvalue weighted by Gasteiger charge is -2.23. The minimum atomic E-state index is -1.15. The minimum absolute atomic E-state index is 0.136. The van der Waals surface area contributed by atoms with E-state index in [1.165, 1.54) is 30.3 Å². The van der Waals surface area contributed by atoms with Gasteiger partial charge in [0.05, 0.1) is 16.5 Å². The maximum Gasteiger partial charge on any atom is 0.301 e. The number of aliphatic hydroxyl groups is 1. The number of aryl methyl sites for hydroxylation is 1. The number of hydrogen-bond donors (Lipinski definition) is 1. The predicted octanol–water partition coefficient (Wildman–Crippen LogP) is 3.15. The summed E-state index contributed by atoms with van der Waals surface area (Å²) in [4.78, 5) is 38.2. The van der Waals surface area contributed by atoms with E-state index in [4.69, 9.17) is 9.47 Å². The van der Waals surface area contributed by atoms with E-state index in [2.05, 4.69) is 10.2 Å². The van der Waals surface area contributed by atoms with Crippen LogP contribution < -0.4 is 14.4 Å². The molecule has 0 saturated carbocycles. The fourth-order valence-corrected chi connectivity index (χ4v) is 4.60. The average molecular weight is 480 g/mol. The molecule has 1 saturated heterocycles. The molecule has 1 fully saturated rings. The molecule has 0 radical (unpaired) electrons. The Bertz CT molecular complexity index is 1380. The number of amides is 1. The number of hydrogen-bond acceptors (Lipinski definition) is 10. The molecular weight excluding hydrogens is 464 g/mol. The number of aromatic nitrogens is 2. The normalized spacial score (nSPS) is 18.9. The fraction of sp³-hybridized carbons (Fsp3) is 0.182. The molecule has 172 valence electrons. The lowest BCUT2D eigenvalue weighted by Crippen LogP contribution is -2.29. The van der Waals surface area contributed by atoms with Gasteiger partial charge in [-0.15, -0.1) is 10.2 Å². The summed E-state index contributed by atoms with van der Waals surface area (Å²) in [7, 11) is 0. The second kappa shape index (κ2) is 8.23. The molecule has 2 aliphatic rings. The topological polar surface area (TPSA) is 145 Å². The summed E-state index contributed by atoms with van der Waals surface area (Å²) < 4.78 is 11.1. The third-order valence-corrected chi connectivity index (χ3v) is 6.22. The maximum atomic E-state index is 13.2. The van der Waals surface area contributed by atoms with Crippen molar-refractivity contribution in [3.63, 3.8) is 0 Å². The van der Waals surface area contributed by atoms with Gasteiger partial charge in [-0.05, 0) is 30.7 Å². The van der Waals surface area contributed by atoms with Gasteiger partial charge in [0.15, 0.2) is 11.5 Å². The van der Waals surface area contributed by atoms with E-state index in [1.807, 2.05) is 0 Å². The highest BCUT2D eigenvalue weighted by Gasteiger charge is 2.48. The maximum absolute atomic E-state index is 13.2. The van der Waals surface area contributed by atoms with Crippen molar-refractivity contribution < 1.29 is 29.1 Å². The van der Waals surface area contributed by atoms with Crippen LogP contribution in [0, 0.1) is 17.0 Å². The zero-order valence-corrected chi connectivity index (χ0v) is 18.4. The van der Waals surface area contributed by atoms with Crippen LogP contribution in [0.15, 0.2) is 48.0 Å². The lowest BCUT2D eigenvalue weighted by atomic mass is 9.95. The summed E-state index contributed by atoms with van der Waals surface area (Å²) >= 11 is 1.08. The first-order valence-corrected chi connectivity index (χ1v) is 10.9. The summed E-state index contributed by atoms with van der Waals surface area (Å²) in [5, 5.41) is 31.2. The highest BCUT2D eigenvalue weighted by atomic mass is 32.1. The number of nitro groups is 1. The van der Waals surface area contributed by atoms with Crippen molar-refractivity contribution in [1.82, 2.24) is 10.2 Å². The third kappa shape index (κ3) is 3.53. The molecule has 11 nitrogen and oxygen atoms in total. The van der Waals surface area contributed by atoms with Crippen LogP contribution in [0.25, 0.3) is 5.76 Å². The van der Waals surface area contributed by atoms with Gasteiger partial charge in [-0.1, -0.05) is 23.5 Å². The van der Waals surface area contributed by atoms with Crippen LogP contribution in [0.2, 0.25) is 0 Å². The molecule has 1 N–H and O–H groups in total. The van der Waals surface area contributed by atoms with Crippen molar-refractivity contribution in [3.05, 3.63) is 74.3 Å². The number of carbonyl (C=O) groups excluding carboxylic acids is 2. The zero-order valence-electron chi connectivity index (χ0n) is 17.6. The largest absolute Gasteiger partial charge is 0.507 e. The Balaban J connectivity index is 1.71. The average Bonchev–Trinajstić information content (AvgIpc) is 3.38. The fourth-order valence-electron chi connectivity index (χ4n) is 3.88. The predicted molar refractivity (Wildman–Crippen MR) is 120 cm³/mol. The molecule has 12 heteroatoms. The number of aliphatic hydroxyl groups excluding tert-OH is 1. The number of non-ortho nitro benzene ring substituents is 1. The van der Waals surface area contributed by atoms with Gasteiger partial charge < -0.3 is 14.6 Å². The quantitative estimate of drug-likeness (QED) is 0.196. The molecular formula is C22H16N4O7S. The van der Waals surface area contributed by atoms with Crippen LogP contribution in [-0.2, 0) is 9.59 Å². The monoisotopic (exact) mass is 480 g/mol. The number of fused-ring (bicyclic) bond motifs is 1. The van der Waals surface area contributed by atoms with Crippen molar-refractivity contribution in [3.8, 4) is 11.5 Å². The number of ether oxygens (including phenoxy) is 2. The first-order chi connectivity index (χ1) is 16.3. The number of rotatable bonds is 4. The van der Waals surface area contributed by atoms with Crippen LogP contribution in [-0.4, -0.2) is 45.1 Å². The number of nitro benzene ring substituents is 1. The van der Waals surface area contributed by atoms with Gasteiger partial charge in [0, 0.05) is 17.7 Å². The highest BCUT2D eigenvalue weighted by Crippen LogP contribution is 2.44. The molecule has 0 aliphatic carbocycles. The summed E-state index contributed by atoms with van der Waals surface area (Å²) in [6, 6.07) is 9.04. The number of benzene rings is 2.